The van der Waals surface area contributed by atoms with E-state index in [1.165, 1.54) is 51.4 Å². The van der Waals surface area contributed by atoms with Gasteiger partial charge in [-0.05, 0) is 51.4 Å². The average molecular weight is 721 g/mol. The highest BCUT2D eigenvalue weighted by Crippen LogP contribution is 2.13. The zero-order valence-corrected chi connectivity index (χ0v) is 33.0. The van der Waals surface area contributed by atoms with E-state index in [2.05, 4.69) is 62.5 Å². The van der Waals surface area contributed by atoms with Gasteiger partial charge in [0.05, 0.1) is 34.4 Å². The summed E-state index contributed by atoms with van der Waals surface area (Å²) in [4.78, 5) is 36.9. The fraction of sp³-hybridized carbons (Fsp3) is 0.738. The summed E-state index contributed by atoms with van der Waals surface area (Å²) in [6.07, 6.45) is 34.6. The Morgan fingerprint density at radius 2 is 1.12 bits per heavy atom. The lowest BCUT2D eigenvalue weighted by Crippen LogP contribution is -2.40. The highest BCUT2D eigenvalue weighted by Gasteiger charge is 2.25. The van der Waals surface area contributed by atoms with E-state index >= 15 is 0 Å². The Morgan fingerprint density at radius 1 is 0.608 bits per heavy atom. The van der Waals surface area contributed by atoms with Gasteiger partial charge in [-0.15, -0.1) is 0 Å². The van der Waals surface area contributed by atoms with Crippen molar-refractivity contribution < 1.29 is 42.9 Å². The fourth-order valence-corrected chi connectivity index (χ4v) is 5.00. The van der Waals surface area contributed by atoms with E-state index in [-0.39, 0.29) is 32.2 Å². The zero-order valence-electron chi connectivity index (χ0n) is 33.0. The van der Waals surface area contributed by atoms with Crippen LogP contribution in [-0.4, -0.2) is 87.4 Å². The number of carbonyl (C=O) groups excluding carboxylic acids is 2. The minimum absolute atomic E-state index is 0.179. The van der Waals surface area contributed by atoms with E-state index in [0.29, 0.717) is 23.9 Å². The molecule has 2 unspecified atom stereocenters. The molecular weight excluding hydrogens is 646 g/mol. The first-order valence-electron chi connectivity index (χ1n) is 19.8. The van der Waals surface area contributed by atoms with Crippen molar-refractivity contribution in [3.05, 3.63) is 48.6 Å². The Hall–Kier alpha value is -2.75. The molecule has 0 amide bonds. The number of rotatable bonds is 35. The number of nitrogens with zero attached hydrogens (tertiary/aromatic N) is 1. The number of carboxylic acids is 1. The molecule has 0 saturated heterocycles. The lowest BCUT2D eigenvalue weighted by molar-refractivity contribution is -0.870. The van der Waals surface area contributed by atoms with Crippen molar-refractivity contribution in [2.24, 2.45) is 0 Å². The third-order valence-corrected chi connectivity index (χ3v) is 8.10. The average Bonchev–Trinajstić information content (AvgIpc) is 3.08. The third-order valence-electron chi connectivity index (χ3n) is 8.10. The number of ether oxygens (including phenoxy) is 4. The maximum atomic E-state index is 12.7. The molecule has 9 nitrogen and oxygen atoms in total. The molecule has 0 aliphatic heterocycles. The molecule has 1 N–H and O–H groups in total. The Balaban J connectivity index is 4.61. The number of unbranched alkanes of at least 4 members (excludes halogenated alkanes) is 12. The van der Waals surface area contributed by atoms with Gasteiger partial charge >= 0.3 is 17.9 Å². The first kappa shape index (κ1) is 48.2. The predicted octanol–water partition coefficient (Wildman–Crippen LogP) is 9.66. The molecule has 0 heterocycles. The number of hydrogen-bond donors (Lipinski definition) is 1. The van der Waals surface area contributed by atoms with Gasteiger partial charge in [0.2, 0.25) is 0 Å². The molecule has 0 aromatic heterocycles. The van der Waals surface area contributed by atoms with Gasteiger partial charge < -0.3 is 28.5 Å². The number of carboxylic acid groups (broad SMARTS) is 1. The second kappa shape index (κ2) is 34.3. The molecule has 0 aromatic rings. The summed E-state index contributed by atoms with van der Waals surface area (Å²) in [5, 5.41) is 9.59. The quantitative estimate of drug-likeness (QED) is 0.0227. The van der Waals surface area contributed by atoms with E-state index in [0.717, 1.165) is 57.8 Å². The van der Waals surface area contributed by atoms with Crippen molar-refractivity contribution in [2.75, 3.05) is 47.5 Å². The normalized spacial score (nSPS) is 13.5. The number of quaternary nitrogens is 1. The van der Waals surface area contributed by atoms with Crippen LogP contribution in [0.3, 0.4) is 0 Å². The molecule has 0 radical (unpaired) electrons. The first-order valence-corrected chi connectivity index (χ1v) is 19.8. The van der Waals surface area contributed by atoms with Gasteiger partial charge in [0.25, 0.3) is 6.29 Å². The third kappa shape index (κ3) is 35.4. The van der Waals surface area contributed by atoms with Gasteiger partial charge in [-0.1, -0.05) is 127 Å². The van der Waals surface area contributed by atoms with Crippen LogP contribution in [-0.2, 0) is 33.3 Å². The highest BCUT2D eigenvalue weighted by molar-refractivity contribution is 5.71. The van der Waals surface area contributed by atoms with Gasteiger partial charge in [0.1, 0.15) is 13.2 Å². The Morgan fingerprint density at radius 3 is 1.67 bits per heavy atom. The van der Waals surface area contributed by atoms with Gasteiger partial charge in [0.15, 0.2) is 6.10 Å². The molecule has 0 aliphatic rings. The molecule has 0 rings (SSSR count). The molecule has 0 spiro atoms. The van der Waals surface area contributed by atoms with Crippen LogP contribution in [0.25, 0.3) is 0 Å². The topological polar surface area (TPSA) is 108 Å². The molecular formula is C42H74NO8+. The van der Waals surface area contributed by atoms with Crippen LogP contribution in [0.15, 0.2) is 48.6 Å². The molecule has 0 bridgehead atoms. The molecule has 2 atom stereocenters. The smallest absolute Gasteiger partial charge is 0.361 e. The van der Waals surface area contributed by atoms with E-state index in [4.69, 9.17) is 18.9 Å². The number of likely N-dealkylation sites (N-methyl/N-ethyl adjacent to an activating group) is 1. The monoisotopic (exact) mass is 721 g/mol. The standard InChI is InChI=1S/C42H73NO8/c1-6-8-10-12-14-16-18-19-20-21-23-25-27-29-31-33-40(45)51-38(37-50-42(41(46)47)48-35-34-43(3,4)5)36-49-39(44)32-30-28-26-24-22-17-15-13-11-9-7-2/h8,10,14,16,19-20,23,25,38,42H,6-7,9,11-13,15,17-18,21-22,24,26-37H2,1-5H3/p+1/b10-8-,16-14-,20-19-,25-23-. The Bertz CT molecular complexity index is 982. The Labute approximate surface area is 311 Å². The first-order chi connectivity index (χ1) is 24.6. The highest BCUT2D eigenvalue weighted by atomic mass is 16.7. The van der Waals surface area contributed by atoms with Crippen LogP contribution in [0.5, 0.6) is 0 Å². The summed E-state index contributed by atoms with van der Waals surface area (Å²) in [7, 11) is 5.93. The Kier molecular flexibility index (Phi) is 32.5. The lowest BCUT2D eigenvalue weighted by Gasteiger charge is -2.25. The summed E-state index contributed by atoms with van der Waals surface area (Å²) in [5.41, 5.74) is 0. The van der Waals surface area contributed by atoms with E-state index in [9.17, 15) is 19.5 Å². The van der Waals surface area contributed by atoms with Crippen LogP contribution in [0.4, 0.5) is 0 Å². The van der Waals surface area contributed by atoms with Crippen molar-refractivity contribution in [1.82, 2.24) is 0 Å². The van der Waals surface area contributed by atoms with Gasteiger partial charge in [-0.2, -0.15) is 0 Å². The zero-order chi connectivity index (χ0) is 37.8. The summed E-state index contributed by atoms with van der Waals surface area (Å²) >= 11 is 0. The second-order valence-corrected chi connectivity index (χ2v) is 14.2. The van der Waals surface area contributed by atoms with E-state index < -0.39 is 24.3 Å². The number of carbonyl (C=O) groups is 3. The summed E-state index contributed by atoms with van der Waals surface area (Å²) in [5.74, 6) is -2.07. The molecule has 9 heteroatoms. The lowest BCUT2D eigenvalue weighted by atomic mass is 10.1. The number of esters is 2. The van der Waals surface area contributed by atoms with Crippen LogP contribution in [0.1, 0.15) is 142 Å². The van der Waals surface area contributed by atoms with Crippen molar-refractivity contribution in [1.29, 1.82) is 0 Å². The SMILES string of the molecule is CC/C=C\C/C=C\C/C=C\C/C=C\CCCCC(=O)OC(COC(=O)CCCCCCCCCCCCC)COC(OCC[N+](C)(C)C)C(=O)O. The molecule has 0 aromatic carbocycles. The minimum Gasteiger partial charge on any atom is -0.477 e. The summed E-state index contributed by atoms with van der Waals surface area (Å²) in [6.45, 7) is 4.67. The molecule has 0 saturated carbocycles. The van der Waals surface area contributed by atoms with Crippen molar-refractivity contribution in [2.45, 2.75) is 155 Å². The molecule has 0 aliphatic carbocycles. The maximum absolute atomic E-state index is 12.7. The molecule has 0 fully saturated rings. The van der Waals surface area contributed by atoms with Crippen LogP contribution in [0, 0.1) is 0 Å². The fourth-order valence-electron chi connectivity index (χ4n) is 5.00. The largest absolute Gasteiger partial charge is 0.477 e. The summed E-state index contributed by atoms with van der Waals surface area (Å²) < 4.78 is 22.6. The van der Waals surface area contributed by atoms with Crippen molar-refractivity contribution >= 4 is 17.9 Å². The molecule has 51 heavy (non-hydrogen) atoms. The van der Waals surface area contributed by atoms with E-state index in [1.54, 1.807) is 0 Å². The minimum atomic E-state index is -1.52. The van der Waals surface area contributed by atoms with Gasteiger partial charge in [0, 0.05) is 12.8 Å². The van der Waals surface area contributed by atoms with Gasteiger partial charge in [-0.3, -0.25) is 9.59 Å². The molecule has 294 valence electrons. The summed E-state index contributed by atoms with van der Waals surface area (Å²) in [6, 6.07) is 0. The van der Waals surface area contributed by atoms with Crippen LogP contribution >= 0.6 is 0 Å². The van der Waals surface area contributed by atoms with Crippen LogP contribution in [0.2, 0.25) is 0 Å². The maximum Gasteiger partial charge on any atom is 0.361 e. The van der Waals surface area contributed by atoms with Crippen molar-refractivity contribution in [3.63, 3.8) is 0 Å². The number of aliphatic carboxylic acids is 1. The van der Waals surface area contributed by atoms with E-state index in [1.807, 2.05) is 21.1 Å². The van der Waals surface area contributed by atoms with Gasteiger partial charge in [-0.25, -0.2) is 4.79 Å². The van der Waals surface area contributed by atoms with Crippen LogP contribution < -0.4 is 0 Å². The predicted molar refractivity (Wildman–Crippen MR) is 207 cm³/mol. The number of allylic oxidation sites excluding steroid dienone is 8. The van der Waals surface area contributed by atoms with Crippen molar-refractivity contribution in [3.8, 4) is 0 Å². The number of hydrogen-bond acceptors (Lipinski definition) is 7. The second-order valence-electron chi connectivity index (χ2n) is 14.2.